The molecule has 0 bridgehead atoms. The fourth-order valence-corrected chi connectivity index (χ4v) is 3.44. The van der Waals surface area contributed by atoms with Crippen molar-refractivity contribution in [3.63, 3.8) is 0 Å². The van der Waals surface area contributed by atoms with Gasteiger partial charge >= 0.3 is 0 Å². The second-order valence-corrected chi connectivity index (χ2v) is 8.21. The van der Waals surface area contributed by atoms with Gasteiger partial charge in [-0.15, -0.1) is 0 Å². The highest BCUT2D eigenvalue weighted by Crippen LogP contribution is 2.28. The number of anilines is 2. The molecule has 0 heterocycles. The molecule has 2 amide bonds. The van der Waals surface area contributed by atoms with Gasteiger partial charge in [-0.2, -0.15) is 0 Å². The SMILES string of the molecule is CCCOc1ccccc1NC(=O)CCN(CC(=O)Nc1cc(C)ccc1C)C1CC1. The Bertz CT molecular complexity index is 909. The number of carbonyl (C=O) groups excluding carboxylic acids is 2. The topological polar surface area (TPSA) is 70.7 Å². The van der Waals surface area contributed by atoms with Crippen LogP contribution in [0.5, 0.6) is 5.75 Å². The van der Waals surface area contributed by atoms with Gasteiger partial charge in [-0.1, -0.05) is 31.2 Å². The molecule has 2 aromatic rings. The van der Waals surface area contributed by atoms with Crippen LogP contribution >= 0.6 is 0 Å². The molecule has 0 aromatic heterocycles. The molecule has 0 spiro atoms. The average molecular weight is 424 g/mol. The van der Waals surface area contributed by atoms with Gasteiger partial charge in [0.15, 0.2) is 0 Å². The highest BCUT2D eigenvalue weighted by atomic mass is 16.5. The summed E-state index contributed by atoms with van der Waals surface area (Å²) in [4.78, 5) is 27.3. The van der Waals surface area contributed by atoms with Crippen LogP contribution in [-0.2, 0) is 9.59 Å². The minimum atomic E-state index is -0.0758. The minimum absolute atomic E-state index is 0.0423. The second kappa shape index (κ2) is 11.0. The van der Waals surface area contributed by atoms with E-state index in [4.69, 9.17) is 4.74 Å². The third-order valence-corrected chi connectivity index (χ3v) is 5.33. The number of ether oxygens (including phenoxy) is 1. The fraction of sp³-hybridized carbons (Fsp3) is 0.440. The van der Waals surface area contributed by atoms with E-state index >= 15 is 0 Å². The van der Waals surface area contributed by atoms with Gasteiger partial charge in [-0.25, -0.2) is 0 Å². The molecule has 0 atom stereocenters. The molecule has 0 radical (unpaired) electrons. The summed E-state index contributed by atoms with van der Waals surface area (Å²) in [5.41, 5.74) is 3.69. The van der Waals surface area contributed by atoms with Crippen molar-refractivity contribution in [2.45, 2.75) is 52.5 Å². The van der Waals surface area contributed by atoms with E-state index in [0.717, 1.165) is 36.1 Å². The Morgan fingerprint density at radius 3 is 2.52 bits per heavy atom. The molecule has 31 heavy (non-hydrogen) atoms. The van der Waals surface area contributed by atoms with Crippen LogP contribution in [0.3, 0.4) is 0 Å². The molecule has 6 nitrogen and oxygen atoms in total. The largest absolute Gasteiger partial charge is 0.491 e. The molecule has 1 saturated carbocycles. The molecular formula is C25H33N3O3. The molecule has 1 aliphatic carbocycles. The molecule has 2 aromatic carbocycles. The zero-order valence-corrected chi connectivity index (χ0v) is 18.7. The lowest BCUT2D eigenvalue weighted by Crippen LogP contribution is -2.37. The van der Waals surface area contributed by atoms with Crippen LogP contribution in [0, 0.1) is 13.8 Å². The summed E-state index contributed by atoms with van der Waals surface area (Å²) in [5, 5.41) is 5.97. The Morgan fingerprint density at radius 2 is 1.77 bits per heavy atom. The Labute approximate surface area is 185 Å². The first kappa shape index (κ1) is 22.8. The van der Waals surface area contributed by atoms with Crippen molar-refractivity contribution in [3.8, 4) is 5.75 Å². The zero-order valence-electron chi connectivity index (χ0n) is 18.7. The van der Waals surface area contributed by atoms with Gasteiger partial charge in [-0.05, 0) is 62.4 Å². The van der Waals surface area contributed by atoms with E-state index in [1.54, 1.807) is 0 Å². The van der Waals surface area contributed by atoms with Crippen molar-refractivity contribution < 1.29 is 14.3 Å². The highest BCUT2D eigenvalue weighted by Gasteiger charge is 2.30. The lowest BCUT2D eigenvalue weighted by molar-refractivity contribution is -0.119. The molecule has 166 valence electrons. The lowest BCUT2D eigenvalue weighted by Gasteiger charge is -2.21. The first-order valence-corrected chi connectivity index (χ1v) is 11.1. The number of nitrogens with one attached hydrogen (secondary N) is 2. The van der Waals surface area contributed by atoms with E-state index in [1.165, 1.54) is 0 Å². The molecule has 6 heteroatoms. The molecular weight excluding hydrogens is 390 g/mol. The van der Waals surface area contributed by atoms with Gasteiger partial charge in [0.1, 0.15) is 5.75 Å². The Morgan fingerprint density at radius 1 is 1.03 bits per heavy atom. The number of nitrogens with zero attached hydrogens (tertiary/aromatic N) is 1. The fourth-order valence-electron chi connectivity index (χ4n) is 3.44. The van der Waals surface area contributed by atoms with Crippen LogP contribution in [0.15, 0.2) is 42.5 Å². The normalized spacial score (nSPS) is 13.2. The van der Waals surface area contributed by atoms with Crippen LogP contribution < -0.4 is 15.4 Å². The standard InChI is InChI=1S/C25H33N3O3/c1-4-15-31-23-8-6-5-7-21(23)26-24(29)13-14-28(20-11-12-20)17-25(30)27-22-16-18(2)9-10-19(22)3/h5-10,16,20H,4,11-15,17H2,1-3H3,(H,26,29)(H,27,30). The number of aryl methyl sites for hydroxylation is 2. The number of rotatable bonds is 11. The minimum Gasteiger partial charge on any atom is -0.491 e. The maximum atomic E-state index is 12.6. The second-order valence-electron chi connectivity index (χ2n) is 8.21. The highest BCUT2D eigenvalue weighted by molar-refractivity contribution is 5.94. The third kappa shape index (κ3) is 7.10. The van der Waals surface area contributed by atoms with Gasteiger partial charge in [0.25, 0.3) is 0 Å². The maximum absolute atomic E-state index is 12.6. The summed E-state index contributed by atoms with van der Waals surface area (Å²) in [6.45, 7) is 7.49. The molecule has 2 N–H and O–H groups in total. The predicted molar refractivity (Wildman–Crippen MR) is 125 cm³/mol. The van der Waals surface area contributed by atoms with Crippen molar-refractivity contribution >= 4 is 23.2 Å². The number of hydrogen-bond donors (Lipinski definition) is 2. The van der Waals surface area contributed by atoms with Crippen LogP contribution in [0.25, 0.3) is 0 Å². The average Bonchev–Trinajstić information content (AvgIpc) is 3.58. The van der Waals surface area contributed by atoms with Crippen molar-refractivity contribution in [2.24, 2.45) is 0 Å². The van der Waals surface area contributed by atoms with Gasteiger partial charge in [0.05, 0.1) is 18.8 Å². The summed E-state index contributed by atoms with van der Waals surface area (Å²) in [6, 6.07) is 13.9. The zero-order chi connectivity index (χ0) is 22.2. The molecule has 3 rings (SSSR count). The lowest BCUT2D eigenvalue weighted by atomic mass is 10.1. The van der Waals surface area contributed by atoms with Gasteiger partial charge in [0.2, 0.25) is 11.8 Å². The number of para-hydroxylation sites is 2. The van der Waals surface area contributed by atoms with Crippen LogP contribution in [-0.4, -0.2) is 42.5 Å². The monoisotopic (exact) mass is 423 g/mol. The van der Waals surface area contributed by atoms with Gasteiger partial charge < -0.3 is 15.4 Å². The van der Waals surface area contributed by atoms with E-state index in [2.05, 4.69) is 15.5 Å². The number of hydrogen-bond acceptors (Lipinski definition) is 4. The van der Waals surface area contributed by atoms with Gasteiger partial charge in [0, 0.05) is 24.7 Å². The van der Waals surface area contributed by atoms with Crippen molar-refractivity contribution in [1.29, 1.82) is 0 Å². The van der Waals surface area contributed by atoms with E-state index in [0.29, 0.717) is 43.6 Å². The summed E-state index contributed by atoms with van der Waals surface area (Å²) in [7, 11) is 0. The predicted octanol–water partition coefficient (Wildman–Crippen LogP) is 4.52. The molecule has 0 unspecified atom stereocenters. The Balaban J connectivity index is 1.52. The van der Waals surface area contributed by atoms with Crippen molar-refractivity contribution in [1.82, 2.24) is 4.90 Å². The summed E-state index contributed by atoms with van der Waals surface area (Å²) in [6.07, 6.45) is 3.39. The molecule has 1 fully saturated rings. The number of benzene rings is 2. The summed E-state index contributed by atoms with van der Waals surface area (Å²) >= 11 is 0. The van der Waals surface area contributed by atoms with Crippen molar-refractivity contribution in [2.75, 3.05) is 30.3 Å². The number of amides is 2. The Kier molecular flexibility index (Phi) is 8.06. The molecule has 1 aliphatic rings. The summed E-state index contributed by atoms with van der Waals surface area (Å²) in [5.74, 6) is 0.567. The number of carbonyl (C=O) groups is 2. The van der Waals surface area contributed by atoms with Gasteiger partial charge in [-0.3, -0.25) is 14.5 Å². The molecule has 0 saturated heterocycles. The molecule has 0 aliphatic heterocycles. The van der Waals surface area contributed by atoms with E-state index < -0.39 is 0 Å². The maximum Gasteiger partial charge on any atom is 0.238 e. The van der Waals surface area contributed by atoms with Crippen LogP contribution in [0.1, 0.15) is 43.7 Å². The first-order chi connectivity index (χ1) is 15.0. The van der Waals surface area contributed by atoms with E-state index in [1.807, 2.05) is 63.2 Å². The smallest absolute Gasteiger partial charge is 0.238 e. The first-order valence-electron chi connectivity index (χ1n) is 11.1. The van der Waals surface area contributed by atoms with Crippen molar-refractivity contribution in [3.05, 3.63) is 53.6 Å². The summed E-state index contributed by atoms with van der Waals surface area (Å²) < 4.78 is 5.71. The van der Waals surface area contributed by atoms with E-state index in [-0.39, 0.29) is 11.8 Å². The van der Waals surface area contributed by atoms with E-state index in [9.17, 15) is 9.59 Å². The third-order valence-electron chi connectivity index (χ3n) is 5.33. The Hall–Kier alpha value is -2.86. The van der Waals surface area contributed by atoms with Crippen LogP contribution in [0.2, 0.25) is 0 Å². The van der Waals surface area contributed by atoms with Crippen LogP contribution in [0.4, 0.5) is 11.4 Å². The quantitative estimate of drug-likeness (QED) is 0.557.